The van der Waals surface area contributed by atoms with Crippen molar-refractivity contribution in [2.75, 3.05) is 11.4 Å². The monoisotopic (exact) mass is 390 g/mol. The van der Waals surface area contributed by atoms with Crippen molar-refractivity contribution >= 4 is 17.7 Å². The molecular weight excluding hydrogens is 372 g/mol. The first-order valence-electron chi connectivity index (χ1n) is 8.80. The maximum absolute atomic E-state index is 15.5. The Morgan fingerprint density at radius 1 is 1.04 bits per heavy atom. The van der Waals surface area contributed by atoms with Crippen LogP contribution in [0.3, 0.4) is 0 Å². The molecule has 2 aliphatic heterocycles. The smallest absolute Gasteiger partial charge is 0.338 e. The van der Waals surface area contributed by atoms with Crippen molar-refractivity contribution in [1.29, 1.82) is 0 Å². The fraction of sp³-hybridized carbons (Fsp3) is 0.286. The molecule has 1 unspecified atom stereocenters. The molecule has 1 fully saturated rings. The van der Waals surface area contributed by atoms with Gasteiger partial charge in [-0.2, -0.15) is 13.2 Å². The summed E-state index contributed by atoms with van der Waals surface area (Å²) in [6.07, 6.45) is -3.18. The molecule has 4 rings (SSSR count). The van der Waals surface area contributed by atoms with E-state index >= 15 is 4.39 Å². The predicted octanol–water partition coefficient (Wildman–Crippen LogP) is 4.84. The van der Waals surface area contributed by atoms with Crippen molar-refractivity contribution in [1.82, 2.24) is 5.32 Å². The summed E-state index contributed by atoms with van der Waals surface area (Å²) in [7, 11) is 0. The lowest BCUT2D eigenvalue weighted by atomic mass is 9.80. The van der Waals surface area contributed by atoms with Gasteiger partial charge in [0.05, 0.1) is 11.0 Å². The molecule has 2 aromatic carbocycles. The number of hydrogen-bond donors (Lipinski definition) is 1. The molecule has 0 bridgehead atoms. The van der Waals surface area contributed by atoms with Crippen molar-refractivity contribution in [2.24, 2.45) is 5.41 Å². The summed E-state index contributed by atoms with van der Waals surface area (Å²) < 4.78 is 54.4. The van der Waals surface area contributed by atoms with Gasteiger partial charge >= 0.3 is 6.18 Å². The normalized spacial score (nSPS) is 23.4. The largest absolute Gasteiger partial charge is 0.416 e. The average Bonchev–Trinajstić information content (AvgIpc) is 2.63. The number of fused-ring (bicyclic) bond motifs is 3. The van der Waals surface area contributed by atoms with Gasteiger partial charge in [0.1, 0.15) is 0 Å². The minimum atomic E-state index is -4.50. The van der Waals surface area contributed by atoms with Crippen molar-refractivity contribution in [3.8, 4) is 0 Å². The molecule has 2 aliphatic rings. The van der Waals surface area contributed by atoms with Crippen LogP contribution in [-0.2, 0) is 16.6 Å². The third-order valence-corrected chi connectivity index (χ3v) is 5.35. The molecule has 2 heterocycles. The molecule has 28 heavy (non-hydrogen) atoms. The third kappa shape index (κ3) is 2.60. The molecule has 0 saturated carbocycles. The zero-order chi connectivity index (χ0) is 20.3. The molecule has 1 atom stereocenters. The number of para-hydroxylation sites is 1. The number of alkyl halides is 3. The standard InChI is InChI=1S/C21H18F4N2O/c1-19(2)12-27-16-6-4-3-5-13(16)11-17(22)20(27,26-18(19)28)14-7-9-15(10-8-14)21(23,24)25/h3-11H,12H2,1-2H3,(H,26,28). The van der Waals surface area contributed by atoms with Crippen LogP contribution in [0.25, 0.3) is 6.08 Å². The molecule has 1 N–H and O–H groups in total. The topological polar surface area (TPSA) is 32.3 Å². The molecule has 1 amide bonds. The Balaban J connectivity index is 1.92. The first-order valence-corrected chi connectivity index (χ1v) is 8.80. The van der Waals surface area contributed by atoms with E-state index < -0.39 is 28.6 Å². The van der Waals surface area contributed by atoms with Gasteiger partial charge in [-0.3, -0.25) is 4.79 Å². The number of nitrogens with one attached hydrogen (secondary N) is 1. The van der Waals surface area contributed by atoms with Crippen LogP contribution in [0.2, 0.25) is 0 Å². The van der Waals surface area contributed by atoms with Crippen molar-refractivity contribution in [2.45, 2.75) is 25.7 Å². The van der Waals surface area contributed by atoms with Gasteiger partial charge in [-0.1, -0.05) is 30.3 Å². The van der Waals surface area contributed by atoms with Crippen LogP contribution < -0.4 is 10.2 Å². The van der Waals surface area contributed by atoms with Gasteiger partial charge in [-0.05, 0) is 38.1 Å². The van der Waals surface area contributed by atoms with E-state index in [2.05, 4.69) is 5.32 Å². The van der Waals surface area contributed by atoms with Gasteiger partial charge in [-0.25, -0.2) is 4.39 Å². The summed E-state index contributed by atoms with van der Waals surface area (Å²) >= 11 is 0. The second kappa shape index (κ2) is 5.83. The number of hydrogen-bond acceptors (Lipinski definition) is 2. The number of rotatable bonds is 1. The Hall–Kier alpha value is -2.83. The summed E-state index contributed by atoms with van der Waals surface area (Å²) in [4.78, 5) is 14.4. The molecule has 2 aromatic rings. The van der Waals surface area contributed by atoms with Crippen LogP contribution in [0.4, 0.5) is 23.2 Å². The van der Waals surface area contributed by atoms with E-state index in [1.54, 1.807) is 36.9 Å². The van der Waals surface area contributed by atoms with E-state index in [0.29, 0.717) is 11.3 Å². The minimum absolute atomic E-state index is 0.206. The zero-order valence-corrected chi connectivity index (χ0v) is 15.3. The molecule has 0 radical (unpaired) electrons. The second-order valence-corrected chi connectivity index (χ2v) is 7.76. The first kappa shape index (κ1) is 18.5. The fourth-order valence-corrected chi connectivity index (χ4v) is 3.80. The fourth-order valence-electron chi connectivity index (χ4n) is 3.80. The number of anilines is 1. The van der Waals surface area contributed by atoms with Crippen molar-refractivity contribution < 1.29 is 22.4 Å². The predicted molar refractivity (Wildman–Crippen MR) is 97.9 cm³/mol. The maximum Gasteiger partial charge on any atom is 0.416 e. The molecule has 7 heteroatoms. The first-order chi connectivity index (χ1) is 13.1. The van der Waals surface area contributed by atoms with E-state index in [0.717, 1.165) is 12.1 Å². The lowest BCUT2D eigenvalue weighted by molar-refractivity contribution is -0.137. The van der Waals surface area contributed by atoms with Gasteiger partial charge in [0, 0.05) is 23.4 Å². The highest BCUT2D eigenvalue weighted by Gasteiger charge is 2.54. The van der Waals surface area contributed by atoms with Gasteiger partial charge < -0.3 is 10.2 Å². The summed E-state index contributed by atoms with van der Waals surface area (Å²) in [6.45, 7) is 3.70. The summed E-state index contributed by atoms with van der Waals surface area (Å²) in [5.74, 6) is -1.01. The summed E-state index contributed by atoms with van der Waals surface area (Å²) in [6, 6.07) is 11.4. The van der Waals surface area contributed by atoms with E-state index in [-0.39, 0.29) is 18.0 Å². The average molecular weight is 390 g/mol. The Morgan fingerprint density at radius 3 is 2.32 bits per heavy atom. The minimum Gasteiger partial charge on any atom is -0.338 e. The number of amides is 1. The van der Waals surface area contributed by atoms with E-state index in [1.165, 1.54) is 18.2 Å². The highest BCUT2D eigenvalue weighted by molar-refractivity contribution is 5.89. The van der Waals surface area contributed by atoms with E-state index in [4.69, 9.17) is 0 Å². The lowest BCUT2D eigenvalue weighted by Gasteiger charge is -2.54. The highest BCUT2D eigenvalue weighted by Crippen LogP contribution is 2.48. The SMILES string of the molecule is CC1(C)CN2c3ccccc3C=C(F)C2(c2ccc(C(F)(F)F)cc2)NC1=O. The summed E-state index contributed by atoms with van der Waals surface area (Å²) in [5.41, 5.74) is -1.73. The van der Waals surface area contributed by atoms with Gasteiger partial charge in [0.25, 0.3) is 0 Å². The van der Waals surface area contributed by atoms with Crippen LogP contribution in [0.15, 0.2) is 54.4 Å². The molecule has 0 spiro atoms. The van der Waals surface area contributed by atoms with Gasteiger partial charge in [0.15, 0.2) is 11.5 Å². The molecule has 0 aromatic heterocycles. The highest BCUT2D eigenvalue weighted by atomic mass is 19.4. The second-order valence-electron chi connectivity index (χ2n) is 7.76. The van der Waals surface area contributed by atoms with Crippen LogP contribution >= 0.6 is 0 Å². The lowest BCUT2D eigenvalue weighted by Crippen LogP contribution is -2.69. The Labute approximate surface area is 159 Å². The molecular formula is C21H18F4N2O. The van der Waals surface area contributed by atoms with Gasteiger partial charge in [-0.15, -0.1) is 0 Å². The summed E-state index contributed by atoms with van der Waals surface area (Å²) in [5, 5.41) is 2.75. The Morgan fingerprint density at radius 2 is 1.68 bits per heavy atom. The third-order valence-electron chi connectivity index (χ3n) is 5.35. The number of carbonyl (C=O) groups excluding carboxylic acids is 1. The number of halogens is 4. The number of nitrogens with zero attached hydrogens (tertiary/aromatic N) is 1. The van der Waals surface area contributed by atoms with E-state index in [1.807, 2.05) is 6.07 Å². The number of benzene rings is 2. The molecule has 0 aliphatic carbocycles. The molecule has 3 nitrogen and oxygen atoms in total. The Bertz CT molecular complexity index is 979. The van der Waals surface area contributed by atoms with Crippen LogP contribution in [0.5, 0.6) is 0 Å². The number of carbonyl (C=O) groups is 1. The maximum atomic E-state index is 15.5. The Kier molecular flexibility index (Phi) is 3.86. The van der Waals surface area contributed by atoms with Crippen molar-refractivity contribution in [3.63, 3.8) is 0 Å². The zero-order valence-electron chi connectivity index (χ0n) is 15.3. The van der Waals surface area contributed by atoms with Crippen LogP contribution in [-0.4, -0.2) is 12.5 Å². The van der Waals surface area contributed by atoms with Crippen LogP contribution in [0.1, 0.15) is 30.5 Å². The van der Waals surface area contributed by atoms with E-state index in [9.17, 15) is 18.0 Å². The van der Waals surface area contributed by atoms with Crippen molar-refractivity contribution in [3.05, 3.63) is 71.0 Å². The van der Waals surface area contributed by atoms with Crippen LogP contribution in [0, 0.1) is 5.41 Å². The molecule has 1 saturated heterocycles. The molecule has 146 valence electrons. The van der Waals surface area contributed by atoms with Gasteiger partial charge in [0.2, 0.25) is 5.91 Å². The quantitative estimate of drug-likeness (QED) is 0.707.